The number of urea groups is 1. The average Bonchev–Trinajstić information content (AvgIpc) is 2.44. The second-order valence-electron chi connectivity index (χ2n) is 6.63. The van der Waals surface area contributed by atoms with Gasteiger partial charge in [-0.05, 0) is 57.9 Å². The van der Waals surface area contributed by atoms with Crippen LogP contribution in [0.4, 0.5) is 4.79 Å². The smallest absolute Gasteiger partial charge is 0.331 e. The second kappa shape index (κ2) is 8.80. The Morgan fingerprint density at radius 2 is 1.88 bits per heavy atom. The molecule has 1 aromatic carbocycles. The van der Waals surface area contributed by atoms with Crippen molar-refractivity contribution in [3.63, 3.8) is 0 Å². The summed E-state index contributed by atoms with van der Waals surface area (Å²) in [5.74, 6) is -1.37. The fraction of sp³-hybridized carbons (Fsp3) is 0.389. The first-order valence-electron chi connectivity index (χ1n) is 7.76. The van der Waals surface area contributed by atoms with E-state index in [0.29, 0.717) is 0 Å². The van der Waals surface area contributed by atoms with E-state index in [4.69, 9.17) is 4.74 Å². The van der Waals surface area contributed by atoms with E-state index in [9.17, 15) is 14.4 Å². The molecular formula is C18H23BrN2O4. The molecule has 0 spiro atoms. The van der Waals surface area contributed by atoms with Crippen molar-refractivity contribution in [2.24, 2.45) is 0 Å². The lowest BCUT2D eigenvalue weighted by atomic mass is 10.1. The largest absolute Gasteiger partial charge is 0.449 e. The van der Waals surface area contributed by atoms with E-state index in [-0.39, 0.29) is 0 Å². The molecule has 0 radical (unpaired) electrons. The Hall–Kier alpha value is -2.15. The number of esters is 1. The van der Waals surface area contributed by atoms with Crippen molar-refractivity contribution >= 4 is 39.9 Å². The molecule has 3 amide bonds. The SMILES string of the molecule is Cc1ccc(/C=C/C(=O)O[C@@H](C)C(=O)NC(=O)NC(C)(C)C)c(Br)c1. The molecule has 1 aromatic rings. The van der Waals surface area contributed by atoms with Crippen LogP contribution in [0.3, 0.4) is 0 Å². The molecule has 0 aliphatic heterocycles. The minimum absolute atomic E-state index is 0.478. The van der Waals surface area contributed by atoms with Gasteiger partial charge in [0.1, 0.15) is 0 Å². The van der Waals surface area contributed by atoms with E-state index in [1.807, 2.05) is 25.1 Å². The molecule has 0 aromatic heterocycles. The number of nitrogens with one attached hydrogen (secondary N) is 2. The summed E-state index contributed by atoms with van der Waals surface area (Å²) in [6.45, 7) is 8.72. The zero-order valence-electron chi connectivity index (χ0n) is 15.0. The Balaban J connectivity index is 2.56. The minimum atomic E-state index is -1.09. The van der Waals surface area contributed by atoms with Crippen LogP contribution < -0.4 is 10.6 Å². The number of carbonyl (C=O) groups excluding carboxylic acids is 3. The molecule has 1 atom stereocenters. The summed E-state index contributed by atoms with van der Waals surface area (Å²) in [7, 11) is 0. The lowest BCUT2D eigenvalue weighted by molar-refractivity contribution is -0.149. The topological polar surface area (TPSA) is 84.5 Å². The summed E-state index contributed by atoms with van der Waals surface area (Å²) in [6.07, 6.45) is 1.72. The van der Waals surface area contributed by atoms with Gasteiger partial charge in [-0.2, -0.15) is 0 Å². The van der Waals surface area contributed by atoms with E-state index in [1.54, 1.807) is 26.8 Å². The minimum Gasteiger partial charge on any atom is -0.449 e. The van der Waals surface area contributed by atoms with E-state index in [2.05, 4.69) is 26.6 Å². The molecule has 0 heterocycles. The lowest BCUT2D eigenvalue weighted by Gasteiger charge is -2.21. The maximum Gasteiger partial charge on any atom is 0.331 e. The van der Waals surface area contributed by atoms with Crippen LogP contribution >= 0.6 is 15.9 Å². The summed E-state index contributed by atoms with van der Waals surface area (Å²) in [6, 6.07) is 5.06. The standard InChI is InChI=1S/C18H23BrN2O4/c1-11-6-7-13(14(19)10-11)8-9-15(22)25-12(2)16(23)20-17(24)21-18(3,4)5/h6-10,12H,1-5H3,(H2,20,21,23,24)/b9-8+/t12-/m0/s1. The number of hydrogen-bond donors (Lipinski definition) is 2. The zero-order chi connectivity index (χ0) is 19.2. The second-order valence-corrected chi connectivity index (χ2v) is 7.49. The van der Waals surface area contributed by atoms with Gasteiger partial charge in [-0.25, -0.2) is 9.59 Å². The van der Waals surface area contributed by atoms with Gasteiger partial charge < -0.3 is 10.1 Å². The first kappa shape index (κ1) is 20.9. The van der Waals surface area contributed by atoms with E-state index >= 15 is 0 Å². The molecule has 25 heavy (non-hydrogen) atoms. The predicted octanol–water partition coefficient (Wildman–Crippen LogP) is 3.33. The number of aryl methyl sites for hydroxylation is 1. The molecule has 0 saturated heterocycles. The summed E-state index contributed by atoms with van der Waals surface area (Å²) in [5, 5.41) is 4.72. The van der Waals surface area contributed by atoms with Crippen molar-refractivity contribution in [1.29, 1.82) is 0 Å². The molecule has 0 unspecified atom stereocenters. The maximum absolute atomic E-state index is 11.9. The van der Waals surface area contributed by atoms with Crippen molar-refractivity contribution in [3.05, 3.63) is 39.9 Å². The molecule has 2 N–H and O–H groups in total. The summed E-state index contributed by atoms with van der Waals surface area (Å²) < 4.78 is 5.84. The van der Waals surface area contributed by atoms with Gasteiger partial charge in [-0.3, -0.25) is 10.1 Å². The van der Waals surface area contributed by atoms with Crippen molar-refractivity contribution < 1.29 is 19.1 Å². The molecule has 7 heteroatoms. The van der Waals surface area contributed by atoms with E-state index in [1.165, 1.54) is 13.0 Å². The predicted molar refractivity (Wildman–Crippen MR) is 99.9 cm³/mol. The van der Waals surface area contributed by atoms with Gasteiger partial charge in [0.15, 0.2) is 6.10 Å². The van der Waals surface area contributed by atoms with E-state index in [0.717, 1.165) is 15.6 Å². The zero-order valence-corrected chi connectivity index (χ0v) is 16.6. The normalized spacial score (nSPS) is 12.6. The fourth-order valence-corrected chi connectivity index (χ4v) is 2.40. The Bertz CT molecular complexity index is 693. The van der Waals surface area contributed by atoms with Crippen LogP contribution in [0.25, 0.3) is 6.08 Å². The van der Waals surface area contributed by atoms with Crippen LogP contribution in [0.5, 0.6) is 0 Å². The van der Waals surface area contributed by atoms with Crippen molar-refractivity contribution in [1.82, 2.24) is 10.6 Å². The number of carbonyl (C=O) groups is 3. The molecule has 0 aliphatic carbocycles. The molecule has 1 rings (SSSR count). The quantitative estimate of drug-likeness (QED) is 0.588. The van der Waals surface area contributed by atoms with Crippen LogP contribution in [0.1, 0.15) is 38.8 Å². The number of halogens is 1. The first-order valence-corrected chi connectivity index (χ1v) is 8.55. The molecule has 0 fully saturated rings. The summed E-state index contributed by atoms with van der Waals surface area (Å²) >= 11 is 3.41. The first-order chi connectivity index (χ1) is 11.5. The number of hydrogen-bond acceptors (Lipinski definition) is 4. The highest BCUT2D eigenvalue weighted by molar-refractivity contribution is 9.10. The third-order valence-corrected chi connectivity index (χ3v) is 3.63. The number of benzene rings is 1. The van der Waals surface area contributed by atoms with Gasteiger partial charge in [-0.15, -0.1) is 0 Å². The van der Waals surface area contributed by atoms with Gasteiger partial charge in [0.25, 0.3) is 5.91 Å². The van der Waals surface area contributed by atoms with Crippen LogP contribution in [0, 0.1) is 6.92 Å². The van der Waals surface area contributed by atoms with E-state index < -0.39 is 29.6 Å². The highest BCUT2D eigenvalue weighted by Crippen LogP contribution is 2.19. The van der Waals surface area contributed by atoms with Gasteiger partial charge >= 0.3 is 12.0 Å². The molecule has 0 saturated carbocycles. The van der Waals surface area contributed by atoms with Crippen LogP contribution in [-0.2, 0) is 14.3 Å². The lowest BCUT2D eigenvalue weighted by Crippen LogP contribution is -2.50. The molecule has 0 bridgehead atoms. The maximum atomic E-state index is 11.9. The van der Waals surface area contributed by atoms with Gasteiger partial charge in [-0.1, -0.05) is 28.1 Å². The van der Waals surface area contributed by atoms with Crippen molar-refractivity contribution in [3.8, 4) is 0 Å². The van der Waals surface area contributed by atoms with Gasteiger partial charge in [0.2, 0.25) is 0 Å². The van der Waals surface area contributed by atoms with Crippen LogP contribution in [0.15, 0.2) is 28.7 Å². The summed E-state index contributed by atoms with van der Waals surface area (Å²) in [5.41, 5.74) is 1.42. The van der Waals surface area contributed by atoms with Crippen LogP contribution in [0.2, 0.25) is 0 Å². The number of ether oxygens (including phenoxy) is 1. The van der Waals surface area contributed by atoms with Gasteiger partial charge in [0.05, 0.1) is 0 Å². The monoisotopic (exact) mass is 410 g/mol. The highest BCUT2D eigenvalue weighted by Gasteiger charge is 2.21. The summed E-state index contributed by atoms with van der Waals surface area (Å²) in [4.78, 5) is 35.3. The van der Waals surface area contributed by atoms with Crippen molar-refractivity contribution in [2.75, 3.05) is 0 Å². The van der Waals surface area contributed by atoms with Crippen LogP contribution in [-0.4, -0.2) is 29.6 Å². The Morgan fingerprint density at radius 1 is 1.24 bits per heavy atom. The highest BCUT2D eigenvalue weighted by atomic mass is 79.9. The third-order valence-electron chi connectivity index (χ3n) is 2.94. The molecule has 6 nitrogen and oxygen atoms in total. The fourth-order valence-electron chi connectivity index (χ4n) is 1.78. The molecule has 0 aliphatic rings. The Labute approximate surface area is 156 Å². The third kappa shape index (κ3) is 7.98. The van der Waals surface area contributed by atoms with Crippen molar-refractivity contribution in [2.45, 2.75) is 46.3 Å². The number of imide groups is 1. The Morgan fingerprint density at radius 3 is 2.44 bits per heavy atom. The van der Waals surface area contributed by atoms with Gasteiger partial charge in [0, 0.05) is 16.1 Å². The Kier molecular flexibility index (Phi) is 7.36. The average molecular weight is 411 g/mol. The molecule has 136 valence electrons. The number of amides is 3. The molecular weight excluding hydrogens is 388 g/mol. The number of rotatable bonds is 4.